The highest BCUT2D eigenvalue weighted by atomic mass is 19.4. The van der Waals surface area contributed by atoms with Gasteiger partial charge in [0.25, 0.3) is 0 Å². The zero-order valence-electron chi connectivity index (χ0n) is 10.9. The predicted octanol–water partition coefficient (Wildman–Crippen LogP) is 2.05. The van der Waals surface area contributed by atoms with E-state index in [0.717, 1.165) is 23.0 Å². The van der Waals surface area contributed by atoms with Crippen LogP contribution in [0.4, 0.5) is 18.9 Å². The third-order valence-corrected chi connectivity index (χ3v) is 2.52. The fraction of sp³-hybridized carbons (Fsp3) is 0.250. The van der Waals surface area contributed by atoms with Gasteiger partial charge in [-0.1, -0.05) is 0 Å². The van der Waals surface area contributed by atoms with Crippen LogP contribution >= 0.6 is 0 Å². The lowest BCUT2D eigenvalue weighted by molar-refractivity contribution is -0.137. The van der Waals surface area contributed by atoms with E-state index in [1.807, 2.05) is 0 Å². The predicted molar refractivity (Wildman–Crippen MR) is 66.7 cm³/mol. The summed E-state index contributed by atoms with van der Waals surface area (Å²) < 4.78 is 44.3. The van der Waals surface area contributed by atoms with Gasteiger partial charge in [-0.3, -0.25) is 0 Å². The molecule has 0 aromatic carbocycles. The third kappa shape index (κ3) is 2.96. The van der Waals surface area contributed by atoms with E-state index >= 15 is 0 Å². The summed E-state index contributed by atoms with van der Waals surface area (Å²) in [6.45, 7) is 1.69. The monoisotopic (exact) mass is 300 g/mol. The maximum Gasteiger partial charge on any atom is 0.420 e. The van der Waals surface area contributed by atoms with Gasteiger partial charge in [0, 0.05) is 6.20 Å². The van der Waals surface area contributed by atoms with Crippen molar-refractivity contribution in [2.24, 2.45) is 0 Å². The highest BCUT2D eigenvalue weighted by Crippen LogP contribution is 2.32. The van der Waals surface area contributed by atoms with Crippen molar-refractivity contribution >= 4 is 11.7 Å². The molecule has 0 aliphatic heterocycles. The lowest BCUT2D eigenvalue weighted by Crippen LogP contribution is -2.13. The van der Waals surface area contributed by atoms with Crippen LogP contribution in [0.15, 0.2) is 24.5 Å². The van der Waals surface area contributed by atoms with E-state index in [9.17, 15) is 18.0 Å². The van der Waals surface area contributed by atoms with Gasteiger partial charge in [0.1, 0.15) is 5.56 Å². The molecule has 9 heteroatoms. The smallest absolute Gasteiger partial charge is 0.420 e. The average molecular weight is 300 g/mol. The van der Waals surface area contributed by atoms with Crippen LogP contribution < -0.4 is 5.73 Å². The molecular weight excluding hydrogens is 289 g/mol. The Kier molecular flexibility index (Phi) is 3.83. The molecule has 0 aliphatic rings. The maximum absolute atomic E-state index is 12.9. The number of carbonyl (C=O) groups is 1. The molecule has 112 valence electrons. The van der Waals surface area contributed by atoms with E-state index in [1.54, 1.807) is 6.92 Å². The molecule has 2 N–H and O–H groups in total. The zero-order chi connectivity index (χ0) is 15.6. The van der Waals surface area contributed by atoms with Crippen molar-refractivity contribution in [3.8, 4) is 5.82 Å². The van der Waals surface area contributed by atoms with Crippen molar-refractivity contribution in [1.82, 2.24) is 14.8 Å². The molecule has 0 amide bonds. The highest BCUT2D eigenvalue weighted by Gasteiger charge is 2.35. The molecule has 0 bridgehead atoms. The summed E-state index contributed by atoms with van der Waals surface area (Å²) in [4.78, 5) is 15.2. The van der Waals surface area contributed by atoms with Crippen LogP contribution in [-0.2, 0) is 10.9 Å². The molecule has 0 aliphatic carbocycles. The van der Waals surface area contributed by atoms with Gasteiger partial charge in [-0.2, -0.15) is 18.3 Å². The highest BCUT2D eigenvalue weighted by molar-refractivity contribution is 5.92. The summed E-state index contributed by atoms with van der Waals surface area (Å²) in [6, 6.07) is 2.02. The standard InChI is InChI=1S/C12H11F3N4O2/c1-2-21-11(20)9-8(16)6-19(18-9)10-7(12(13,14)15)4-3-5-17-10/h3-6H,2,16H2,1H3. The average Bonchev–Trinajstić information content (AvgIpc) is 2.80. The lowest BCUT2D eigenvalue weighted by Gasteiger charge is -2.10. The Labute approximate surface area is 117 Å². The van der Waals surface area contributed by atoms with Gasteiger partial charge in [-0.25, -0.2) is 14.5 Å². The first-order chi connectivity index (χ1) is 9.84. The van der Waals surface area contributed by atoms with E-state index in [0.29, 0.717) is 0 Å². The van der Waals surface area contributed by atoms with Gasteiger partial charge in [0.2, 0.25) is 0 Å². The molecule has 0 spiro atoms. The van der Waals surface area contributed by atoms with Gasteiger partial charge >= 0.3 is 12.1 Å². The van der Waals surface area contributed by atoms with Crippen molar-refractivity contribution in [3.05, 3.63) is 35.8 Å². The molecule has 0 saturated heterocycles. The van der Waals surface area contributed by atoms with E-state index in [2.05, 4.69) is 10.1 Å². The Morgan fingerprint density at radius 1 is 1.48 bits per heavy atom. The fourth-order valence-electron chi connectivity index (χ4n) is 1.65. The summed E-state index contributed by atoms with van der Waals surface area (Å²) in [7, 11) is 0. The molecule has 0 atom stereocenters. The molecule has 2 aromatic heterocycles. The Morgan fingerprint density at radius 2 is 2.19 bits per heavy atom. The van der Waals surface area contributed by atoms with Crippen LogP contribution in [0.2, 0.25) is 0 Å². The summed E-state index contributed by atoms with van der Waals surface area (Å²) in [5, 5.41) is 3.73. The van der Waals surface area contributed by atoms with Crippen LogP contribution in [-0.4, -0.2) is 27.3 Å². The summed E-state index contributed by atoms with van der Waals surface area (Å²) in [5.41, 5.74) is 4.25. The molecule has 6 nitrogen and oxygen atoms in total. The van der Waals surface area contributed by atoms with Crippen molar-refractivity contribution in [3.63, 3.8) is 0 Å². The molecule has 0 radical (unpaired) electrons. The zero-order valence-corrected chi connectivity index (χ0v) is 10.9. The van der Waals surface area contributed by atoms with Crippen molar-refractivity contribution < 1.29 is 22.7 Å². The number of ether oxygens (including phenoxy) is 1. The molecular formula is C12H11F3N4O2. The maximum atomic E-state index is 12.9. The first-order valence-corrected chi connectivity index (χ1v) is 5.89. The Balaban J connectivity index is 2.50. The molecule has 2 aromatic rings. The Hall–Kier alpha value is -2.58. The number of nitrogens with two attached hydrogens (primary N) is 1. The first kappa shape index (κ1) is 14.8. The number of anilines is 1. The minimum absolute atomic E-state index is 0.0905. The summed E-state index contributed by atoms with van der Waals surface area (Å²) >= 11 is 0. The van der Waals surface area contributed by atoms with Crippen LogP contribution in [0.5, 0.6) is 0 Å². The topological polar surface area (TPSA) is 83.0 Å². The number of halogens is 3. The number of aromatic nitrogens is 3. The van der Waals surface area contributed by atoms with Crippen LogP contribution in [0, 0.1) is 0 Å². The number of nitrogens with zero attached hydrogens (tertiary/aromatic N) is 3. The molecule has 0 saturated carbocycles. The van der Waals surface area contributed by atoms with E-state index in [1.165, 1.54) is 6.20 Å². The number of alkyl halides is 3. The lowest BCUT2D eigenvalue weighted by atomic mass is 10.2. The van der Waals surface area contributed by atoms with Crippen molar-refractivity contribution in [2.75, 3.05) is 12.3 Å². The first-order valence-electron chi connectivity index (χ1n) is 5.89. The van der Waals surface area contributed by atoms with Crippen LogP contribution in [0.25, 0.3) is 5.82 Å². The second-order valence-electron chi connectivity index (χ2n) is 3.97. The van der Waals surface area contributed by atoms with Crippen LogP contribution in [0.1, 0.15) is 23.0 Å². The van der Waals surface area contributed by atoms with E-state index in [-0.39, 0.29) is 18.0 Å². The fourth-order valence-corrected chi connectivity index (χ4v) is 1.65. The minimum Gasteiger partial charge on any atom is -0.461 e. The number of pyridine rings is 1. The molecule has 21 heavy (non-hydrogen) atoms. The van der Waals surface area contributed by atoms with Crippen molar-refractivity contribution in [1.29, 1.82) is 0 Å². The Bertz CT molecular complexity index is 667. The summed E-state index contributed by atoms with van der Waals surface area (Å²) in [6.07, 6.45) is -2.33. The molecule has 2 rings (SSSR count). The minimum atomic E-state index is -4.60. The number of nitrogen functional groups attached to an aromatic ring is 1. The Morgan fingerprint density at radius 3 is 2.81 bits per heavy atom. The van der Waals surface area contributed by atoms with Crippen molar-refractivity contribution in [2.45, 2.75) is 13.1 Å². The van der Waals surface area contributed by atoms with Gasteiger partial charge in [0.15, 0.2) is 11.5 Å². The largest absolute Gasteiger partial charge is 0.461 e. The van der Waals surface area contributed by atoms with Gasteiger partial charge < -0.3 is 10.5 Å². The second kappa shape index (κ2) is 5.43. The number of hydrogen-bond donors (Lipinski definition) is 1. The third-order valence-electron chi connectivity index (χ3n) is 2.52. The number of rotatable bonds is 3. The molecule has 0 fully saturated rings. The second-order valence-corrected chi connectivity index (χ2v) is 3.97. The van der Waals surface area contributed by atoms with E-state index < -0.39 is 23.5 Å². The SMILES string of the molecule is CCOC(=O)c1nn(-c2ncccc2C(F)(F)F)cc1N. The van der Waals surface area contributed by atoms with Gasteiger partial charge in [-0.15, -0.1) is 0 Å². The quantitative estimate of drug-likeness (QED) is 0.877. The normalized spacial score (nSPS) is 11.4. The number of esters is 1. The number of carbonyl (C=O) groups excluding carboxylic acids is 1. The van der Waals surface area contributed by atoms with E-state index in [4.69, 9.17) is 10.5 Å². The molecule has 0 unspecified atom stereocenters. The van der Waals surface area contributed by atoms with Gasteiger partial charge in [0.05, 0.1) is 18.5 Å². The molecule has 2 heterocycles. The van der Waals surface area contributed by atoms with Crippen LogP contribution in [0.3, 0.4) is 0 Å². The number of hydrogen-bond acceptors (Lipinski definition) is 5. The summed E-state index contributed by atoms with van der Waals surface area (Å²) in [5.74, 6) is -1.27. The van der Waals surface area contributed by atoms with Gasteiger partial charge in [-0.05, 0) is 19.1 Å².